The van der Waals surface area contributed by atoms with E-state index >= 15 is 0 Å². The summed E-state index contributed by atoms with van der Waals surface area (Å²) in [5.74, 6) is 1.84. The smallest absolute Gasteiger partial charge is 0.270 e. The predicted octanol–water partition coefficient (Wildman–Crippen LogP) is 2.14. The van der Waals surface area contributed by atoms with Gasteiger partial charge in [0.05, 0.1) is 21.8 Å². The zero-order chi connectivity index (χ0) is 14.6. The summed E-state index contributed by atoms with van der Waals surface area (Å²) in [6.45, 7) is 0.347. The summed E-state index contributed by atoms with van der Waals surface area (Å²) in [6.07, 6.45) is 1.42. The van der Waals surface area contributed by atoms with Gasteiger partial charge < -0.3 is 10.4 Å². The lowest BCUT2D eigenvalue weighted by molar-refractivity contribution is -0.384. The predicted molar refractivity (Wildman–Crippen MR) is 77.8 cm³/mol. The van der Waals surface area contributed by atoms with Crippen LogP contribution in [-0.2, 0) is 0 Å². The summed E-state index contributed by atoms with van der Waals surface area (Å²) in [5.41, 5.74) is -0.141. The molecule has 0 saturated carbocycles. The molecule has 1 saturated heterocycles. The molecule has 0 radical (unpaired) electrons. The van der Waals surface area contributed by atoms with Gasteiger partial charge in [-0.1, -0.05) is 0 Å². The Hall–Kier alpha value is -1.78. The molecular weight excluding hydrogens is 278 g/mol. The molecule has 6 nitrogen and oxygen atoms in total. The molecule has 1 fully saturated rings. The highest BCUT2D eigenvalue weighted by Gasteiger charge is 2.29. The van der Waals surface area contributed by atoms with E-state index in [2.05, 4.69) is 5.32 Å². The average Bonchev–Trinajstić information content (AvgIpc) is 2.45. The van der Waals surface area contributed by atoms with Crippen molar-refractivity contribution < 1.29 is 10.0 Å². The number of benzene rings is 1. The Morgan fingerprint density at radius 3 is 2.80 bits per heavy atom. The van der Waals surface area contributed by atoms with Gasteiger partial charge in [-0.3, -0.25) is 10.1 Å². The summed E-state index contributed by atoms with van der Waals surface area (Å²) >= 11 is 1.82. The van der Waals surface area contributed by atoms with Crippen molar-refractivity contribution in [2.24, 2.45) is 0 Å². The number of thioether (sulfide) groups is 1. The van der Waals surface area contributed by atoms with E-state index < -0.39 is 10.5 Å². The number of nitriles is 1. The molecule has 1 aromatic rings. The fourth-order valence-electron chi connectivity index (χ4n) is 2.08. The molecule has 0 atom stereocenters. The third-order valence-corrected chi connectivity index (χ3v) is 4.35. The molecule has 1 aliphatic heterocycles. The van der Waals surface area contributed by atoms with Crippen molar-refractivity contribution in [1.82, 2.24) is 0 Å². The Kier molecular flexibility index (Phi) is 4.47. The summed E-state index contributed by atoms with van der Waals surface area (Å²) in [6, 6.07) is 6.04. The van der Waals surface area contributed by atoms with Gasteiger partial charge in [0, 0.05) is 18.7 Å². The third-order valence-electron chi connectivity index (χ3n) is 3.37. The maximum Gasteiger partial charge on any atom is 0.270 e. The van der Waals surface area contributed by atoms with Crippen LogP contribution in [0.1, 0.15) is 18.4 Å². The van der Waals surface area contributed by atoms with Gasteiger partial charge in [-0.2, -0.15) is 17.0 Å². The first kappa shape index (κ1) is 14.6. The van der Waals surface area contributed by atoms with Gasteiger partial charge in [-0.15, -0.1) is 0 Å². The van der Waals surface area contributed by atoms with E-state index in [0.29, 0.717) is 25.1 Å². The minimum atomic E-state index is -0.764. The molecule has 0 aliphatic carbocycles. The third kappa shape index (κ3) is 3.40. The number of non-ortho nitro benzene ring substituents is 1. The lowest BCUT2D eigenvalue weighted by atomic mass is 9.96. The molecule has 20 heavy (non-hydrogen) atoms. The SMILES string of the molecule is N#Cc1cc([N+](=O)[O-])ccc1NCC1(O)CCSCC1. The minimum Gasteiger partial charge on any atom is -0.388 e. The monoisotopic (exact) mass is 293 g/mol. The first-order valence-corrected chi connectivity index (χ1v) is 7.42. The highest BCUT2D eigenvalue weighted by molar-refractivity contribution is 7.99. The molecular formula is C13H15N3O3S. The maximum atomic E-state index is 10.7. The molecule has 0 amide bonds. The molecule has 2 N–H and O–H groups in total. The van der Waals surface area contributed by atoms with Crippen LogP contribution < -0.4 is 5.32 Å². The Balaban J connectivity index is 2.09. The molecule has 106 valence electrons. The largest absolute Gasteiger partial charge is 0.388 e. The van der Waals surface area contributed by atoms with Crippen molar-refractivity contribution in [2.75, 3.05) is 23.4 Å². The van der Waals surface area contributed by atoms with E-state index in [1.807, 2.05) is 17.8 Å². The number of nitrogens with one attached hydrogen (secondary N) is 1. The molecule has 0 aromatic heterocycles. The van der Waals surface area contributed by atoms with Crippen molar-refractivity contribution in [3.63, 3.8) is 0 Å². The first-order chi connectivity index (χ1) is 9.54. The van der Waals surface area contributed by atoms with Crippen LogP contribution in [0.15, 0.2) is 18.2 Å². The molecule has 0 spiro atoms. The second-order valence-electron chi connectivity index (χ2n) is 4.79. The quantitative estimate of drug-likeness (QED) is 0.651. The van der Waals surface area contributed by atoms with Crippen molar-refractivity contribution in [3.8, 4) is 6.07 Å². The zero-order valence-electron chi connectivity index (χ0n) is 10.8. The second-order valence-corrected chi connectivity index (χ2v) is 6.01. The second kappa shape index (κ2) is 6.11. The molecule has 1 heterocycles. The van der Waals surface area contributed by atoms with E-state index in [1.54, 1.807) is 0 Å². The van der Waals surface area contributed by atoms with E-state index in [-0.39, 0.29) is 11.3 Å². The molecule has 7 heteroatoms. The van der Waals surface area contributed by atoms with Crippen LogP contribution in [0.5, 0.6) is 0 Å². The number of nitrogens with zero attached hydrogens (tertiary/aromatic N) is 2. The molecule has 2 rings (SSSR count). The van der Waals surface area contributed by atoms with Gasteiger partial charge in [0.2, 0.25) is 0 Å². The van der Waals surface area contributed by atoms with Crippen LogP contribution in [0, 0.1) is 21.4 Å². The normalized spacial score (nSPS) is 17.2. The highest BCUT2D eigenvalue weighted by Crippen LogP contribution is 2.28. The number of rotatable bonds is 4. The van der Waals surface area contributed by atoms with Crippen molar-refractivity contribution in [2.45, 2.75) is 18.4 Å². The van der Waals surface area contributed by atoms with Crippen LogP contribution in [0.25, 0.3) is 0 Å². The van der Waals surface area contributed by atoms with Gasteiger partial charge in [0.15, 0.2) is 0 Å². The van der Waals surface area contributed by atoms with Gasteiger partial charge in [-0.25, -0.2) is 0 Å². The van der Waals surface area contributed by atoms with Crippen molar-refractivity contribution in [1.29, 1.82) is 5.26 Å². The number of nitro benzene ring substituents is 1. The van der Waals surface area contributed by atoms with Crippen LogP contribution in [0.3, 0.4) is 0 Å². The van der Waals surface area contributed by atoms with Gasteiger partial charge >= 0.3 is 0 Å². The van der Waals surface area contributed by atoms with Crippen molar-refractivity contribution in [3.05, 3.63) is 33.9 Å². The lowest BCUT2D eigenvalue weighted by Crippen LogP contribution is -2.40. The number of aliphatic hydroxyl groups is 1. The van der Waals surface area contributed by atoms with Gasteiger partial charge in [-0.05, 0) is 30.4 Å². The van der Waals surface area contributed by atoms with Crippen LogP contribution in [0.4, 0.5) is 11.4 Å². The summed E-state index contributed by atoms with van der Waals surface area (Å²) in [5, 5.41) is 33.1. The van der Waals surface area contributed by atoms with E-state index in [9.17, 15) is 15.2 Å². The summed E-state index contributed by atoms with van der Waals surface area (Å²) < 4.78 is 0. The fourth-order valence-corrected chi connectivity index (χ4v) is 3.33. The average molecular weight is 293 g/mol. The van der Waals surface area contributed by atoms with Gasteiger partial charge in [0.1, 0.15) is 6.07 Å². The Morgan fingerprint density at radius 2 is 2.20 bits per heavy atom. The van der Waals surface area contributed by atoms with Gasteiger partial charge in [0.25, 0.3) is 5.69 Å². The first-order valence-electron chi connectivity index (χ1n) is 6.27. The molecule has 1 aromatic carbocycles. The van der Waals surface area contributed by atoms with E-state index in [4.69, 9.17) is 5.26 Å². The Labute approximate surface area is 120 Å². The Morgan fingerprint density at radius 1 is 1.50 bits per heavy atom. The number of hydrogen-bond donors (Lipinski definition) is 2. The minimum absolute atomic E-state index is 0.111. The Bertz CT molecular complexity index is 550. The topological polar surface area (TPSA) is 99.2 Å². The number of nitro groups is 1. The van der Waals surface area contributed by atoms with E-state index in [1.165, 1.54) is 18.2 Å². The zero-order valence-corrected chi connectivity index (χ0v) is 11.7. The maximum absolute atomic E-state index is 10.7. The lowest BCUT2D eigenvalue weighted by Gasteiger charge is -2.32. The van der Waals surface area contributed by atoms with Crippen LogP contribution >= 0.6 is 11.8 Å². The number of anilines is 1. The highest BCUT2D eigenvalue weighted by atomic mass is 32.2. The van der Waals surface area contributed by atoms with Crippen molar-refractivity contribution >= 4 is 23.1 Å². The standard InChI is InChI=1S/C13H15N3O3S/c14-8-10-7-11(16(18)19)1-2-12(10)15-9-13(17)3-5-20-6-4-13/h1-2,7,15,17H,3-6,9H2. The number of hydrogen-bond acceptors (Lipinski definition) is 6. The molecule has 1 aliphatic rings. The van der Waals surface area contributed by atoms with Crippen LogP contribution in [-0.4, -0.2) is 33.7 Å². The summed E-state index contributed by atoms with van der Waals surface area (Å²) in [7, 11) is 0. The fraction of sp³-hybridized carbons (Fsp3) is 0.462. The van der Waals surface area contributed by atoms with E-state index in [0.717, 1.165) is 11.5 Å². The summed E-state index contributed by atoms with van der Waals surface area (Å²) in [4.78, 5) is 10.1. The molecule has 0 bridgehead atoms. The molecule has 0 unspecified atom stereocenters. The van der Waals surface area contributed by atoms with Crippen LogP contribution in [0.2, 0.25) is 0 Å².